The summed E-state index contributed by atoms with van der Waals surface area (Å²) in [5.41, 5.74) is 8.17. The van der Waals surface area contributed by atoms with Crippen LogP contribution < -0.4 is 11.1 Å². The van der Waals surface area contributed by atoms with E-state index in [1.807, 2.05) is 0 Å². The number of nitrogens with two attached hydrogens (primary N) is 1. The van der Waals surface area contributed by atoms with Crippen LogP contribution in [-0.2, 0) is 0 Å². The average Bonchev–Trinajstić information content (AvgIpc) is 2.18. The van der Waals surface area contributed by atoms with E-state index < -0.39 is 0 Å². The summed E-state index contributed by atoms with van der Waals surface area (Å²) in [6.45, 7) is 6.09. The fraction of sp³-hybridized carbons (Fsp3) is 0.500. The van der Waals surface area contributed by atoms with Gasteiger partial charge < -0.3 is 11.1 Å². The van der Waals surface area contributed by atoms with E-state index in [2.05, 4.69) is 43.4 Å². The van der Waals surface area contributed by atoms with E-state index in [9.17, 15) is 0 Å². The fourth-order valence-corrected chi connectivity index (χ4v) is 1.60. The van der Waals surface area contributed by atoms with E-state index in [1.54, 1.807) is 0 Å². The van der Waals surface area contributed by atoms with Crippen molar-refractivity contribution in [1.82, 2.24) is 5.32 Å². The van der Waals surface area contributed by atoms with Crippen molar-refractivity contribution >= 4 is 0 Å². The van der Waals surface area contributed by atoms with Gasteiger partial charge in [0.1, 0.15) is 0 Å². The zero-order chi connectivity index (χ0) is 10.4. The van der Waals surface area contributed by atoms with Gasteiger partial charge in [-0.1, -0.05) is 24.3 Å². The lowest BCUT2D eigenvalue weighted by atomic mass is 10.0. The molecule has 0 saturated carbocycles. The van der Waals surface area contributed by atoms with Crippen molar-refractivity contribution in [3.63, 3.8) is 0 Å². The minimum absolute atomic E-state index is 0.419. The molecule has 0 spiro atoms. The summed E-state index contributed by atoms with van der Waals surface area (Å²) in [4.78, 5) is 0. The number of hydrogen-bond acceptors (Lipinski definition) is 2. The van der Waals surface area contributed by atoms with Crippen LogP contribution in [0.3, 0.4) is 0 Å². The number of aryl methyl sites for hydroxylation is 1. The van der Waals surface area contributed by atoms with Crippen LogP contribution in [0.25, 0.3) is 0 Å². The van der Waals surface area contributed by atoms with Crippen molar-refractivity contribution < 1.29 is 0 Å². The Balaban J connectivity index is 2.51. The second kappa shape index (κ2) is 5.78. The van der Waals surface area contributed by atoms with Crippen LogP contribution in [0.4, 0.5) is 0 Å². The molecule has 0 aliphatic heterocycles. The summed E-state index contributed by atoms with van der Waals surface area (Å²) in [6.07, 6.45) is 1.04. The van der Waals surface area contributed by atoms with Crippen LogP contribution in [0, 0.1) is 6.92 Å². The van der Waals surface area contributed by atoms with Crippen molar-refractivity contribution in [3.05, 3.63) is 35.4 Å². The van der Waals surface area contributed by atoms with Crippen molar-refractivity contribution in [2.45, 2.75) is 26.3 Å². The number of nitrogens with one attached hydrogen (secondary N) is 1. The van der Waals surface area contributed by atoms with Gasteiger partial charge in [0.05, 0.1) is 0 Å². The predicted molar refractivity (Wildman–Crippen MR) is 61.3 cm³/mol. The molecule has 1 aromatic carbocycles. The van der Waals surface area contributed by atoms with Gasteiger partial charge in [0, 0.05) is 6.04 Å². The monoisotopic (exact) mass is 192 g/mol. The molecule has 0 aromatic heterocycles. The third-order valence-electron chi connectivity index (χ3n) is 2.49. The van der Waals surface area contributed by atoms with Crippen LogP contribution in [-0.4, -0.2) is 13.1 Å². The molecule has 1 rings (SSSR count). The molecular formula is C12H20N2. The molecule has 2 heteroatoms. The van der Waals surface area contributed by atoms with Gasteiger partial charge in [-0.05, 0) is 44.5 Å². The molecule has 0 bridgehead atoms. The second-order valence-electron chi connectivity index (χ2n) is 3.67. The molecule has 0 aliphatic carbocycles. The summed E-state index contributed by atoms with van der Waals surface area (Å²) in [7, 11) is 0. The van der Waals surface area contributed by atoms with Crippen molar-refractivity contribution in [3.8, 4) is 0 Å². The summed E-state index contributed by atoms with van der Waals surface area (Å²) in [5, 5.41) is 3.46. The van der Waals surface area contributed by atoms with Crippen molar-refractivity contribution in [2.24, 2.45) is 5.73 Å². The lowest BCUT2D eigenvalue weighted by molar-refractivity contribution is 0.560. The Morgan fingerprint density at radius 2 is 2.07 bits per heavy atom. The van der Waals surface area contributed by atoms with E-state index in [0.717, 1.165) is 19.5 Å². The molecule has 3 N–H and O–H groups in total. The predicted octanol–water partition coefficient (Wildman–Crippen LogP) is 1.99. The number of hydrogen-bond donors (Lipinski definition) is 2. The van der Waals surface area contributed by atoms with E-state index in [1.165, 1.54) is 11.1 Å². The highest BCUT2D eigenvalue weighted by molar-refractivity contribution is 5.28. The van der Waals surface area contributed by atoms with Crippen LogP contribution in [0.1, 0.15) is 30.5 Å². The van der Waals surface area contributed by atoms with Gasteiger partial charge in [-0.3, -0.25) is 0 Å². The quantitative estimate of drug-likeness (QED) is 0.700. The average molecular weight is 192 g/mol. The molecule has 78 valence electrons. The molecule has 1 aromatic rings. The Morgan fingerprint density at radius 3 is 2.71 bits per heavy atom. The van der Waals surface area contributed by atoms with Gasteiger partial charge >= 0.3 is 0 Å². The molecule has 0 fully saturated rings. The zero-order valence-electron chi connectivity index (χ0n) is 9.09. The topological polar surface area (TPSA) is 38.0 Å². The fourth-order valence-electron chi connectivity index (χ4n) is 1.60. The molecule has 2 nitrogen and oxygen atoms in total. The van der Waals surface area contributed by atoms with Crippen LogP contribution in [0.15, 0.2) is 24.3 Å². The Labute approximate surface area is 86.5 Å². The molecule has 0 amide bonds. The van der Waals surface area contributed by atoms with Crippen LogP contribution in [0.5, 0.6) is 0 Å². The molecule has 0 heterocycles. The maximum atomic E-state index is 5.44. The number of benzene rings is 1. The van der Waals surface area contributed by atoms with E-state index in [4.69, 9.17) is 5.73 Å². The lowest BCUT2D eigenvalue weighted by Crippen LogP contribution is -2.22. The molecule has 0 saturated heterocycles. The van der Waals surface area contributed by atoms with Crippen molar-refractivity contribution in [1.29, 1.82) is 0 Å². The summed E-state index contributed by atoms with van der Waals surface area (Å²) < 4.78 is 0. The minimum Gasteiger partial charge on any atom is -0.330 e. The van der Waals surface area contributed by atoms with Gasteiger partial charge in [0.15, 0.2) is 0 Å². The van der Waals surface area contributed by atoms with E-state index in [0.29, 0.717) is 6.04 Å². The Morgan fingerprint density at radius 1 is 1.36 bits per heavy atom. The third kappa shape index (κ3) is 3.13. The van der Waals surface area contributed by atoms with E-state index in [-0.39, 0.29) is 0 Å². The summed E-state index contributed by atoms with van der Waals surface area (Å²) in [5.74, 6) is 0. The SMILES string of the molecule is Cc1ccccc1[C@@H](C)NCCCN. The van der Waals surface area contributed by atoms with Crippen LogP contribution in [0.2, 0.25) is 0 Å². The highest BCUT2D eigenvalue weighted by Gasteiger charge is 2.05. The maximum Gasteiger partial charge on any atom is 0.0294 e. The van der Waals surface area contributed by atoms with Gasteiger partial charge in [-0.25, -0.2) is 0 Å². The highest BCUT2D eigenvalue weighted by Crippen LogP contribution is 2.16. The molecular weight excluding hydrogens is 172 g/mol. The maximum absolute atomic E-state index is 5.44. The van der Waals surface area contributed by atoms with E-state index >= 15 is 0 Å². The first-order valence-electron chi connectivity index (χ1n) is 5.24. The molecule has 0 unspecified atom stereocenters. The minimum atomic E-state index is 0.419. The largest absolute Gasteiger partial charge is 0.330 e. The lowest BCUT2D eigenvalue weighted by Gasteiger charge is -2.16. The van der Waals surface area contributed by atoms with Crippen LogP contribution >= 0.6 is 0 Å². The van der Waals surface area contributed by atoms with Crippen molar-refractivity contribution in [2.75, 3.05) is 13.1 Å². The smallest absolute Gasteiger partial charge is 0.0294 e. The Kier molecular flexibility index (Phi) is 4.63. The highest BCUT2D eigenvalue weighted by atomic mass is 14.9. The molecule has 14 heavy (non-hydrogen) atoms. The Bertz CT molecular complexity index is 271. The first kappa shape index (κ1) is 11.2. The Hall–Kier alpha value is -0.860. The zero-order valence-corrected chi connectivity index (χ0v) is 9.09. The van der Waals surface area contributed by atoms with Gasteiger partial charge in [-0.2, -0.15) is 0 Å². The standard InChI is InChI=1S/C12H20N2/c1-10-6-3-4-7-12(10)11(2)14-9-5-8-13/h3-4,6-7,11,14H,5,8-9,13H2,1-2H3/t11-/m1/s1. The first-order valence-corrected chi connectivity index (χ1v) is 5.24. The number of rotatable bonds is 5. The summed E-state index contributed by atoms with van der Waals surface area (Å²) in [6, 6.07) is 8.91. The summed E-state index contributed by atoms with van der Waals surface area (Å²) >= 11 is 0. The van der Waals surface area contributed by atoms with Gasteiger partial charge in [-0.15, -0.1) is 0 Å². The molecule has 1 atom stereocenters. The normalized spacial score (nSPS) is 12.8. The second-order valence-corrected chi connectivity index (χ2v) is 3.67. The molecule has 0 radical (unpaired) electrons. The third-order valence-corrected chi connectivity index (χ3v) is 2.49. The van der Waals surface area contributed by atoms with Gasteiger partial charge in [0.25, 0.3) is 0 Å². The van der Waals surface area contributed by atoms with Gasteiger partial charge in [0.2, 0.25) is 0 Å². The molecule has 0 aliphatic rings. The first-order chi connectivity index (χ1) is 6.75.